The van der Waals surface area contributed by atoms with E-state index >= 15 is 4.39 Å². The second kappa shape index (κ2) is 8.23. The van der Waals surface area contributed by atoms with Crippen molar-refractivity contribution in [2.24, 2.45) is 5.41 Å². The van der Waals surface area contributed by atoms with Crippen molar-refractivity contribution in [3.63, 3.8) is 0 Å². The van der Waals surface area contributed by atoms with Crippen LogP contribution in [-0.4, -0.2) is 55.2 Å². The molecule has 0 unspecified atom stereocenters. The highest BCUT2D eigenvalue weighted by atomic mass is 19.1. The van der Waals surface area contributed by atoms with Gasteiger partial charge in [-0.3, -0.25) is 4.79 Å². The van der Waals surface area contributed by atoms with Crippen molar-refractivity contribution < 1.29 is 9.18 Å². The van der Waals surface area contributed by atoms with Crippen LogP contribution in [0.25, 0.3) is 22.4 Å². The molecule has 0 bridgehead atoms. The zero-order chi connectivity index (χ0) is 24.0. The molecule has 4 aromatic rings. The molecule has 1 saturated carbocycles. The summed E-state index contributed by atoms with van der Waals surface area (Å²) in [5.74, 6) is 0.126. The maximum atomic E-state index is 15.3. The van der Waals surface area contributed by atoms with E-state index in [9.17, 15) is 4.79 Å². The molecule has 0 saturated heterocycles. The second-order valence-electron chi connectivity index (χ2n) is 9.48. The lowest BCUT2D eigenvalue weighted by molar-refractivity contribution is 0.0964. The van der Waals surface area contributed by atoms with Crippen LogP contribution in [0.5, 0.6) is 0 Å². The van der Waals surface area contributed by atoms with Crippen LogP contribution in [0.1, 0.15) is 49.9 Å². The topological polar surface area (TPSA) is 114 Å². The van der Waals surface area contributed by atoms with Gasteiger partial charge in [0.15, 0.2) is 17.3 Å². The van der Waals surface area contributed by atoms with Gasteiger partial charge in [0.25, 0.3) is 5.91 Å². The Morgan fingerprint density at radius 1 is 1.18 bits per heavy atom. The summed E-state index contributed by atoms with van der Waals surface area (Å²) in [4.78, 5) is 21.4. The van der Waals surface area contributed by atoms with Crippen LogP contribution >= 0.6 is 0 Å². The zero-order valence-electron chi connectivity index (χ0n) is 19.7. The van der Waals surface area contributed by atoms with Crippen LogP contribution in [0.2, 0.25) is 0 Å². The number of carbonyl (C=O) groups is 1. The van der Waals surface area contributed by atoms with E-state index in [0.29, 0.717) is 39.6 Å². The van der Waals surface area contributed by atoms with Crippen LogP contribution in [0.4, 0.5) is 16.2 Å². The van der Waals surface area contributed by atoms with E-state index < -0.39 is 5.82 Å². The highest BCUT2D eigenvalue weighted by molar-refractivity contribution is 6.00. The van der Waals surface area contributed by atoms with Gasteiger partial charge < -0.3 is 16.0 Å². The van der Waals surface area contributed by atoms with Crippen LogP contribution in [0, 0.1) is 11.2 Å². The number of nitrogens with one attached hydrogen (secondary N) is 3. The van der Waals surface area contributed by atoms with Gasteiger partial charge in [0.05, 0.1) is 23.7 Å². The number of halogens is 1. The molecule has 0 aliphatic heterocycles. The molecule has 178 valence electrons. The molecule has 4 aromatic heterocycles. The molecule has 1 fully saturated rings. The van der Waals surface area contributed by atoms with E-state index in [-0.39, 0.29) is 17.5 Å². The van der Waals surface area contributed by atoms with Gasteiger partial charge in [-0.25, -0.2) is 18.4 Å². The second-order valence-corrected chi connectivity index (χ2v) is 9.48. The summed E-state index contributed by atoms with van der Waals surface area (Å²) in [6.45, 7) is 4.59. The molecule has 1 aliphatic carbocycles. The molecular weight excluding hydrogens is 437 g/mol. The molecule has 4 heterocycles. The van der Waals surface area contributed by atoms with E-state index in [1.54, 1.807) is 19.3 Å². The van der Waals surface area contributed by atoms with Crippen LogP contribution in [0.3, 0.4) is 0 Å². The molecule has 0 radical (unpaired) electrons. The SMILES string of the molecule is CNC(=O)c1cnn2ccc(-c3c(F)cn4nc(NC5CCC(C)(C)CC5)nc(NC)c34)nc12. The first-order valence-electron chi connectivity index (χ1n) is 11.4. The number of aromatic nitrogens is 6. The standard InChI is InChI=1S/C23H28FN9O/c1-23(2)8-5-13(6-9-23)28-22-30-19(25-3)18-17(15(24)12-33(18)31-22)16-7-10-32-20(29-16)14(11-27-32)21(34)26-4/h7,10-13H,5-6,8-9H2,1-4H3,(H,26,34)(H2,25,28,30,31). The molecule has 1 amide bonds. The van der Waals surface area contributed by atoms with Crippen LogP contribution < -0.4 is 16.0 Å². The third-order valence-corrected chi connectivity index (χ3v) is 6.59. The number of nitrogens with zero attached hydrogens (tertiary/aromatic N) is 6. The van der Waals surface area contributed by atoms with Gasteiger partial charge in [-0.2, -0.15) is 10.1 Å². The summed E-state index contributed by atoms with van der Waals surface area (Å²) in [5, 5.41) is 17.8. The number of hydrogen-bond acceptors (Lipinski definition) is 7. The molecule has 10 nitrogen and oxygen atoms in total. The Morgan fingerprint density at radius 2 is 1.94 bits per heavy atom. The summed E-state index contributed by atoms with van der Waals surface area (Å²) in [7, 11) is 3.27. The van der Waals surface area contributed by atoms with Gasteiger partial charge in [-0.1, -0.05) is 13.8 Å². The lowest BCUT2D eigenvalue weighted by Gasteiger charge is -2.34. The highest BCUT2D eigenvalue weighted by Crippen LogP contribution is 2.36. The Balaban J connectivity index is 1.55. The summed E-state index contributed by atoms with van der Waals surface area (Å²) in [5.41, 5.74) is 2.07. The molecule has 0 aromatic carbocycles. The van der Waals surface area contributed by atoms with E-state index in [2.05, 4.69) is 50.0 Å². The van der Waals surface area contributed by atoms with Crippen molar-refractivity contribution in [1.29, 1.82) is 0 Å². The Kier molecular flexibility index (Phi) is 5.34. The van der Waals surface area contributed by atoms with Gasteiger partial charge in [0.2, 0.25) is 5.95 Å². The zero-order valence-corrected chi connectivity index (χ0v) is 19.7. The average Bonchev–Trinajstić information content (AvgIpc) is 3.39. The van der Waals surface area contributed by atoms with E-state index in [1.165, 1.54) is 28.5 Å². The summed E-state index contributed by atoms with van der Waals surface area (Å²) in [6, 6.07) is 1.94. The van der Waals surface area contributed by atoms with E-state index in [0.717, 1.165) is 25.7 Å². The molecule has 5 rings (SSSR count). The molecule has 3 N–H and O–H groups in total. The minimum atomic E-state index is -0.486. The van der Waals surface area contributed by atoms with E-state index in [1.807, 2.05) is 0 Å². The van der Waals surface area contributed by atoms with Gasteiger partial charge in [0.1, 0.15) is 11.1 Å². The van der Waals surface area contributed by atoms with Crippen molar-refractivity contribution in [2.45, 2.75) is 45.6 Å². The first-order chi connectivity index (χ1) is 16.3. The Labute approximate surface area is 196 Å². The fraction of sp³-hybridized carbons (Fsp3) is 0.435. The largest absolute Gasteiger partial charge is 0.371 e. The van der Waals surface area contributed by atoms with Crippen molar-refractivity contribution in [1.82, 2.24) is 34.5 Å². The first-order valence-corrected chi connectivity index (χ1v) is 11.4. The lowest BCUT2D eigenvalue weighted by Crippen LogP contribution is -2.30. The van der Waals surface area contributed by atoms with Gasteiger partial charge >= 0.3 is 0 Å². The number of hydrogen-bond donors (Lipinski definition) is 3. The maximum absolute atomic E-state index is 15.3. The van der Waals surface area contributed by atoms with Crippen molar-refractivity contribution in [3.8, 4) is 11.3 Å². The lowest BCUT2D eigenvalue weighted by atomic mass is 9.76. The minimum Gasteiger partial charge on any atom is -0.371 e. The quantitative estimate of drug-likeness (QED) is 0.414. The van der Waals surface area contributed by atoms with Gasteiger partial charge in [-0.15, -0.1) is 5.10 Å². The Morgan fingerprint density at radius 3 is 2.65 bits per heavy atom. The number of amides is 1. The summed E-state index contributed by atoms with van der Waals surface area (Å²) < 4.78 is 18.2. The van der Waals surface area contributed by atoms with Gasteiger partial charge in [0, 0.05) is 26.3 Å². The molecule has 1 aliphatic rings. The van der Waals surface area contributed by atoms with Gasteiger partial charge in [-0.05, 0) is 37.2 Å². The normalized spacial score (nSPS) is 16.1. The fourth-order valence-corrected chi connectivity index (χ4v) is 4.56. The fourth-order valence-electron chi connectivity index (χ4n) is 4.56. The first kappa shape index (κ1) is 22.1. The van der Waals surface area contributed by atoms with Crippen molar-refractivity contribution >= 4 is 28.8 Å². The number of carbonyl (C=O) groups excluding carboxylic acids is 1. The van der Waals surface area contributed by atoms with Crippen LogP contribution in [-0.2, 0) is 0 Å². The molecule has 11 heteroatoms. The average molecular weight is 466 g/mol. The maximum Gasteiger partial charge on any atom is 0.256 e. The van der Waals surface area contributed by atoms with Crippen molar-refractivity contribution in [3.05, 3.63) is 36.0 Å². The molecule has 0 atom stereocenters. The monoisotopic (exact) mass is 465 g/mol. The summed E-state index contributed by atoms with van der Waals surface area (Å²) in [6.07, 6.45) is 8.75. The smallest absolute Gasteiger partial charge is 0.256 e. The number of fused-ring (bicyclic) bond motifs is 2. The Hall–Kier alpha value is -3.76. The molecule has 34 heavy (non-hydrogen) atoms. The number of rotatable bonds is 5. The highest BCUT2D eigenvalue weighted by Gasteiger charge is 2.28. The van der Waals surface area contributed by atoms with Crippen LogP contribution in [0.15, 0.2) is 24.7 Å². The Bertz CT molecular complexity index is 1380. The third-order valence-electron chi connectivity index (χ3n) is 6.59. The predicted octanol–water partition coefficient (Wildman–Crippen LogP) is 3.36. The minimum absolute atomic E-state index is 0.252. The van der Waals surface area contributed by atoms with E-state index in [4.69, 9.17) is 0 Å². The number of anilines is 2. The predicted molar refractivity (Wildman–Crippen MR) is 128 cm³/mol. The summed E-state index contributed by atoms with van der Waals surface area (Å²) >= 11 is 0. The molecular formula is C23H28FN9O. The third kappa shape index (κ3) is 3.80. The van der Waals surface area contributed by atoms with Crippen molar-refractivity contribution in [2.75, 3.05) is 24.7 Å². The molecule has 0 spiro atoms.